The number of nitrogens with zero attached hydrogens (tertiary/aromatic N) is 2. The van der Waals surface area contributed by atoms with E-state index in [4.69, 9.17) is 9.84 Å². The van der Waals surface area contributed by atoms with Gasteiger partial charge in [0.2, 0.25) is 11.8 Å². The van der Waals surface area contributed by atoms with E-state index in [1.165, 1.54) is 0 Å². The van der Waals surface area contributed by atoms with Gasteiger partial charge in [-0.25, -0.2) is 0 Å². The molecule has 0 saturated carbocycles. The van der Waals surface area contributed by atoms with Crippen molar-refractivity contribution in [3.8, 4) is 5.75 Å². The maximum Gasteiger partial charge on any atom is 0.239 e. The standard InChI is InChI=1S/C23H26N2O4/c26-15-11-21(27)24-14-12-23(17-24)19-9-4-5-10-20(19)25(22(23)28)13-6-16-29-18-7-2-1-3-8-18/h1-5,7-10,26H,6,11-17H2. The van der Waals surface area contributed by atoms with Gasteiger partial charge in [-0.3, -0.25) is 9.59 Å². The monoisotopic (exact) mass is 394 g/mol. The van der Waals surface area contributed by atoms with E-state index in [9.17, 15) is 9.59 Å². The van der Waals surface area contributed by atoms with Crippen LogP contribution < -0.4 is 9.64 Å². The molecule has 6 heteroatoms. The summed E-state index contributed by atoms with van der Waals surface area (Å²) in [6.45, 7) is 1.88. The molecule has 1 spiro atoms. The number of hydrogen-bond acceptors (Lipinski definition) is 4. The Hall–Kier alpha value is -2.86. The van der Waals surface area contributed by atoms with Crippen molar-refractivity contribution in [2.24, 2.45) is 0 Å². The highest BCUT2D eigenvalue weighted by Crippen LogP contribution is 2.47. The number of aliphatic hydroxyl groups excluding tert-OH is 1. The minimum atomic E-state index is -0.665. The summed E-state index contributed by atoms with van der Waals surface area (Å²) >= 11 is 0. The highest BCUT2D eigenvalue weighted by atomic mass is 16.5. The van der Waals surface area contributed by atoms with Crippen LogP contribution in [-0.2, 0) is 15.0 Å². The second-order valence-electron chi connectivity index (χ2n) is 7.61. The molecule has 2 amide bonds. The molecule has 152 valence electrons. The summed E-state index contributed by atoms with van der Waals surface area (Å²) in [6, 6.07) is 17.5. The second-order valence-corrected chi connectivity index (χ2v) is 7.61. The summed E-state index contributed by atoms with van der Waals surface area (Å²) in [5.41, 5.74) is 1.28. The van der Waals surface area contributed by atoms with Crippen LogP contribution in [0.5, 0.6) is 5.75 Å². The first-order valence-electron chi connectivity index (χ1n) is 10.1. The van der Waals surface area contributed by atoms with Crippen molar-refractivity contribution in [3.63, 3.8) is 0 Å². The zero-order valence-electron chi connectivity index (χ0n) is 16.4. The van der Waals surface area contributed by atoms with Crippen molar-refractivity contribution in [1.29, 1.82) is 0 Å². The lowest BCUT2D eigenvalue weighted by Crippen LogP contribution is -2.43. The lowest BCUT2D eigenvalue weighted by atomic mass is 9.81. The Morgan fingerprint density at radius 3 is 2.66 bits per heavy atom. The quantitative estimate of drug-likeness (QED) is 0.732. The van der Waals surface area contributed by atoms with Crippen LogP contribution in [0.2, 0.25) is 0 Å². The van der Waals surface area contributed by atoms with Gasteiger partial charge in [0.05, 0.1) is 18.6 Å². The normalized spacial score (nSPS) is 20.4. The number of carbonyl (C=O) groups is 2. The van der Waals surface area contributed by atoms with Crippen LogP contribution in [0.15, 0.2) is 54.6 Å². The number of amides is 2. The number of likely N-dealkylation sites (tertiary alicyclic amines) is 1. The Balaban J connectivity index is 1.46. The average Bonchev–Trinajstić information content (AvgIpc) is 3.29. The molecule has 4 rings (SSSR count). The number of carbonyl (C=O) groups excluding carboxylic acids is 2. The van der Waals surface area contributed by atoms with Crippen molar-refractivity contribution in [3.05, 3.63) is 60.2 Å². The fraction of sp³-hybridized carbons (Fsp3) is 0.391. The molecular weight excluding hydrogens is 368 g/mol. The molecule has 2 aromatic rings. The molecule has 29 heavy (non-hydrogen) atoms. The molecule has 0 bridgehead atoms. The zero-order valence-corrected chi connectivity index (χ0v) is 16.4. The predicted octanol–water partition coefficient (Wildman–Crippen LogP) is 2.35. The molecule has 2 aliphatic heterocycles. The van der Waals surface area contributed by atoms with Crippen LogP contribution in [0.4, 0.5) is 5.69 Å². The van der Waals surface area contributed by atoms with E-state index in [1.54, 1.807) is 4.90 Å². The molecule has 6 nitrogen and oxygen atoms in total. The molecule has 2 heterocycles. The summed E-state index contributed by atoms with van der Waals surface area (Å²) < 4.78 is 5.77. The van der Waals surface area contributed by atoms with Gasteiger partial charge in [0.15, 0.2) is 0 Å². The van der Waals surface area contributed by atoms with Gasteiger partial charge in [0, 0.05) is 31.7 Å². The van der Waals surface area contributed by atoms with E-state index >= 15 is 0 Å². The van der Waals surface area contributed by atoms with Crippen LogP contribution in [0.1, 0.15) is 24.8 Å². The minimum absolute atomic E-state index is 0.0673. The Kier molecular flexibility index (Phi) is 5.53. The number of rotatable bonds is 7. The van der Waals surface area contributed by atoms with Gasteiger partial charge in [-0.15, -0.1) is 0 Å². The fourth-order valence-electron chi connectivity index (χ4n) is 4.42. The lowest BCUT2D eigenvalue weighted by molar-refractivity contribution is -0.131. The van der Waals surface area contributed by atoms with Crippen molar-refractivity contribution in [1.82, 2.24) is 4.90 Å². The van der Waals surface area contributed by atoms with E-state index in [0.29, 0.717) is 32.7 Å². The largest absolute Gasteiger partial charge is 0.494 e. The Labute approximate surface area is 170 Å². The van der Waals surface area contributed by atoms with E-state index in [2.05, 4.69) is 0 Å². The summed E-state index contributed by atoms with van der Waals surface area (Å²) in [5.74, 6) is 0.799. The summed E-state index contributed by atoms with van der Waals surface area (Å²) in [4.78, 5) is 29.3. The lowest BCUT2D eigenvalue weighted by Gasteiger charge is -2.24. The number of aliphatic hydroxyl groups is 1. The zero-order chi connectivity index (χ0) is 20.3. The molecule has 0 radical (unpaired) electrons. The van der Waals surface area contributed by atoms with Crippen molar-refractivity contribution < 1.29 is 19.4 Å². The van der Waals surface area contributed by atoms with Gasteiger partial charge in [-0.1, -0.05) is 36.4 Å². The fourth-order valence-corrected chi connectivity index (χ4v) is 4.42. The van der Waals surface area contributed by atoms with Crippen LogP contribution in [0, 0.1) is 0 Å². The van der Waals surface area contributed by atoms with Crippen molar-refractivity contribution >= 4 is 17.5 Å². The van der Waals surface area contributed by atoms with Crippen LogP contribution >= 0.6 is 0 Å². The maximum absolute atomic E-state index is 13.5. The van der Waals surface area contributed by atoms with E-state index in [-0.39, 0.29) is 24.8 Å². The first-order valence-corrected chi connectivity index (χ1v) is 10.1. The Morgan fingerprint density at radius 2 is 1.86 bits per heavy atom. The third-order valence-electron chi connectivity index (χ3n) is 5.85. The maximum atomic E-state index is 13.5. The molecule has 1 saturated heterocycles. The van der Waals surface area contributed by atoms with Gasteiger partial charge in [-0.05, 0) is 36.6 Å². The molecule has 1 atom stereocenters. The van der Waals surface area contributed by atoms with Gasteiger partial charge >= 0.3 is 0 Å². The number of anilines is 1. The molecular formula is C23H26N2O4. The van der Waals surface area contributed by atoms with Crippen LogP contribution in [0.25, 0.3) is 0 Å². The highest BCUT2D eigenvalue weighted by Gasteiger charge is 2.54. The number of para-hydroxylation sites is 2. The van der Waals surface area contributed by atoms with Gasteiger partial charge in [0.25, 0.3) is 0 Å². The molecule has 1 fully saturated rings. The van der Waals surface area contributed by atoms with Crippen molar-refractivity contribution in [2.45, 2.75) is 24.7 Å². The third kappa shape index (κ3) is 3.60. The summed E-state index contributed by atoms with van der Waals surface area (Å²) in [6.07, 6.45) is 1.45. The first kappa shape index (κ1) is 19.5. The van der Waals surface area contributed by atoms with Crippen LogP contribution in [-0.4, -0.2) is 54.7 Å². The predicted molar refractivity (Wildman–Crippen MR) is 110 cm³/mol. The first-order chi connectivity index (χ1) is 14.2. The minimum Gasteiger partial charge on any atom is -0.494 e. The average molecular weight is 394 g/mol. The number of fused-ring (bicyclic) bond motifs is 2. The topological polar surface area (TPSA) is 70.1 Å². The molecule has 1 unspecified atom stereocenters. The van der Waals surface area contributed by atoms with E-state index < -0.39 is 5.41 Å². The van der Waals surface area contributed by atoms with Crippen molar-refractivity contribution in [2.75, 3.05) is 37.7 Å². The molecule has 1 N–H and O–H groups in total. The number of hydrogen-bond donors (Lipinski definition) is 1. The molecule has 2 aromatic carbocycles. The highest BCUT2D eigenvalue weighted by molar-refractivity contribution is 6.09. The van der Waals surface area contributed by atoms with Crippen LogP contribution in [0.3, 0.4) is 0 Å². The number of ether oxygens (including phenoxy) is 1. The van der Waals surface area contributed by atoms with Gasteiger partial charge in [-0.2, -0.15) is 0 Å². The molecule has 0 aliphatic carbocycles. The van der Waals surface area contributed by atoms with E-state index in [0.717, 1.165) is 23.4 Å². The van der Waals surface area contributed by atoms with E-state index in [1.807, 2.05) is 59.5 Å². The Bertz CT molecular complexity index is 885. The third-order valence-corrected chi connectivity index (χ3v) is 5.85. The SMILES string of the molecule is O=C(CCO)N1CCC2(C1)C(=O)N(CCCOc1ccccc1)c1ccccc12. The smallest absolute Gasteiger partial charge is 0.239 e. The Morgan fingerprint density at radius 1 is 1.10 bits per heavy atom. The number of benzene rings is 2. The second kappa shape index (κ2) is 8.25. The molecule has 2 aliphatic rings. The van der Waals surface area contributed by atoms with Gasteiger partial charge in [0.1, 0.15) is 5.75 Å². The summed E-state index contributed by atoms with van der Waals surface area (Å²) in [7, 11) is 0. The summed E-state index contributed by atoms with van der Waals surface area (Å²) in [5, 5.41) is 9.07. The molecule has 0 aromatic heterocycles. The van der Waals surface area contributed by atoms with Gasteiger partial charge < -0.3 is 19.6 Å².